The van der Waals surface area contributed by atoms with Gasteiger partial charge in [-0.15, -0.1) is 0 Å². The molecule has 0 atom stereocenters. The summed E-state index contributed by atoms with van der Waals surface area (Å²) in [5.41, 5.74) is 6.13. The van der Waals surface area contributed by atoms with Crippen molar-refractivity contribution in [3.63, 3.8) is 0 Å². The molecule has 0 aliphatic heterocycles. The highest BCUT2D eigenvalue weighted by Gasteiger charge is 3.24. The van der Waals surface area contributed by atoms with Gasteiger partial charge in [-0.2, -0.15) is 0 Å². The van der Waals surface area contributed by atoms with Gasteiger partial charge in [-0.05, 0) is 108 Å². The maximum atomic E-state index is 1.71. The van der Waals surface area contributed by atoms with Crippen LogP contribution in [-0.4, -0.2) is 0 Å². The van der Waals surface area contributed by atoms with Crippen molar-refractivity contribution in [2.24, 2.45) is 56.2 Å². The van der Waals surface area contributed by atoms with Gasteiger partial charge in [0, 0.05) is 0 Å². The Kier molecular flexibility index (Phi) is 0.843. The van der Waals surface area contributed by atoms with E-state index in [9.17, 15) is 0 Å². The van der Waals surface area contributed by atoms with Gasteiger partial charge in [-0.3, -0.25) is 0 Å². The molecular weight excluding hydrogens is 240 g/mol. The second-order valence-electron chi connectivity index (χ2n) is 10.7. The van der Waals surface area contributed by atoms with Crippen molar-refractivity contribution in [2.45, 2.75) is 64.2 Å². The van der Waals surface area contributed by atoms with Crippen LogP contribution in [-0.2, 0) is 0 Å². The van der Waals surface area contributed by atoms with Crippen molar-refractivity contribution in [3.8, 4) is 0 Å². The second-order valence-corrected chi connectivity index (χ2v) is 10.7. The molecule has 0 nitrogen and oxygen atoms in total. The molecule has 0 saturated heterocycles. The molecule has 5 spiro atoms. The number of hydrogen-bond acceptors (Lipinski definition) is 0. The van der Waals surface area contributed by atoms with E-state index in [1.165, 1.54) is 23.7 Å². The molecule has 0 radical (unpaired) electrons. The molecule has 10 aliphatic rings. The Morgan fingerprint density at radius 2 is 0.750 bits per heavy atom. The Balaban J connectivity index is 1.06. The van der Waals surface area contributed by atoms with Crippen molar-refractivity contribution in [1.82, 2.24) is 0 Å². The predicted molar refractivity (Wildman–Crippen MR) is 74.7 cm³/mol. The topological polar surface area (TPSA) is 0 Å². The van der Waals surface area contributed by atoms with Crippen LogP contribution in [0.5, 0.6) is 0 Å². The molecule has 0 heterocycles. The van der Waals surface area contributed by atoms with Crippen molar-refractivity contribution < 1.29 is 0 Å². The minimum Gasteiger partial charge on any atom is -0.0527 e. The first-order chi connectivity index (χ1) is 9.86. The van der Waals surface area contributed by atoms with Gasteiger partial charge in [0.15, 0.2) is 0 Å². The Bertz CT molecular complexity index is 538. The summed E-state index contributed by atoms with van der Waals surface area (Å²) in [6, 6.07) is 0. The summed E-state index contributed by atoms with van der Waals surface area (Å²) in [4.78, 5) is 0. The van der Waals surface area contributed by atoms with Crippen LogP contribution in [0.25, 0.3) is 0 Å². The highest BCUT2D eigenvalue weighted by Crippen LogP contribution is 3.27. The summed E-state index contributed by atoms with van der Waals surface area (Å²) in [6.07, 6.45) is 16.6. The Hall–Kier alpha value is 0. The highest BCUT2D eigenvalue weighted by atomic mass is 15.3. The lowest BCUT2D eigenvalue weighted by Crippen LogP contribution is -2.52. The SMILES string of the molecule is C1CC2C34C(C1)C23C41CCC2(CC1)C13C4CCCC1C423. The third kappa shape index (κ3) is 0.387. The lowest BCUT2D eigenvalue weighted by molar-refractivity contribution is -0.106. The molecule has 2 bridgehead atoms. The zero-order valence-electron chi connectivity index (χ0n) is 12.4. The number of fused-ring (bicyclic) bond motifs is 2. The third-order valence-electron chi connectivity index (χ3n) is 12.4. The summed E-state index contributed by atoms with van der Waals surface area (Å²) in [7, 11) is 0. The maximum absolute atomic E-state index is 1.71. The number of rotatable bonds is 0. The first-order valence-electron chi connectivity index (χ1n) is 9.86. The quantitative estimate of drug-likeness (QED) is 0.608. The fourth-order valence-electron chi connectivity index (χ4n) is 12.8. The van der Waals surface area contributed by atoms with E-state index in [4.69, 9.17) is 0 Å². The van der Waals surface area contributed by atoms with Gasteiger partial charge in [0.05, 0.1) is 0 Å². The summed E-state index contributed by atoms with van der Waals surface area (Å²) in [5.74, 6) is 5.12. The van der Waals surface area contributed by atoms with Gasteiger partial charge >= 0.3 is 0 Å². The average Bonchev–Trinajstić information content (AvgIpc) is 3.38. The van der Waals surface area contributed by atoms with Crippen molar-refractivity contribution in [1.29, 1.82) is 0 Å². The number of hydrogen-bond donors (Lipinski definition) is 0. The molecule has 10 aliphatic carbocycles. The first-order valence-corrected chi connectivity index (χ1v) is 9.86. The molecule has 0 N–H and O–H groups in total. The van der Waals surface area contributed by atoms with Gasteiger partial charge in [0.2, 0.25) is 0 Å². The van der Waals surface area contributed by atoms with Crippen molar-refractivity contribution in [2.75, 3.05) is 0 Å². The zero-order chi connectivity index (χ0) is 12.4. The smallest absolute Gasteiger partial charge is 0.00993 e. The molecule has 20 heavy (non-hydrogen) atoms. The maximum Gasteiger partial charge on any atom is -0.00993 e. The molecule has 0 aromatic carbocycles. The summed E-state index contributed by atoms with van der Waals surface area (Å²) in [5, 5.41) is 0. The Morgan fingerprint density at radius 1 is 0.450 bits per heavy atom. The van der Waals surface area contributed by atoms with E-state index >= 15 is 0 Å². The lowest BCUT2D eigenvalue weighted by atomic mass is 9.45. The summed E-state index contributed by atoms with van der Waals surface area (Å²) in [6.45, 7) is 0. The first kappa shape index (κ1) is 9.21. The standard InChI is InChI=1S/C20H24/c1-3-11-17-12(4-1)18(11,17)15(17)7-9-16(10-8-15)19-13-5-2-6-14(19)20(13,16)19/h11-14H,1-10H2. The molecule has 0 unspecified atom stereocenters. The van der Waals surface area contributed by atoms with Gasteiger partial charge in [0.1, 0.15) is 0 Å². The van der Waals surface area contributed by atoms with Crippen LogP contribution in [0, 0.1) is 56.2 Å². The fourth-order valence-corrected chi connectivity index (χ4v) is 12.8. The molecule has 10 fully saturated rings. The van der Waals surface area contributed by atoms with Crippen LogP contribution in [0.15, 0.2) is 0 Å². The van der Waals surface area contributed by atoms with Gasteiger partial charge in [0.25, 0.3) is 0 Å². The van der Waals surface area contributed by atoms with Crippen LogP contribution in [0.1, 0.15) is 64.2 Å². The lowest BCUT2D eigenvalue weighted by Gasteiger charge is -2.59. The van der Waals surface area contributed by atoms with Crippen LogP contribution >= 0.6 is 0 Å². The monoisotopic (exact) mass is 264 g/mol. The van der Waals surface area contributed by atoms with E-state index in [1.807, 2.05) is 0 Å². The molecule has 0 aromatic rings. The predicted octanol–water partition coefficient (Wildman–Crippen LogP) is 4.39. The van der Waals surface area contributed by atoms with Crippen LogP contribution in [0.4, 0.5) is 0 Å². The highest BCUT2D eigenvalue weighted by molar-refractivity contribution is 5.70. The van der Waals surface area contributed by atoms with E-state index in [1.54, 1.807) is 64.2 Å². The van der Waals surface area contributed by atoms with E-state index < -0.39 is 0 Å². The average molecular weight is 264 g/mol. The Morgan fingerprint density at radius 3 is 1.05 bits per heavy atom. The largest absolute Gasteiger partial charge is 0.0527 e. The van der Waals surface area contributed by atoms with E-state index in [2.05, 4.69) is 0 Å². The van der Waals surface area contributed by atoms with E-state index in [-0.39, 0.29) is 0 Å². The van der Waals surface area contributed by atoms with Gasteiger partial charge < -0.3 is 0 Å². The minimum atomic E-state index is 0.991. The van der Waals surface area contributed by atoms with Crippen LogP contribution < -0.4 is 0 Å². The fraction of sp³-hybridized carbons (Fsp3) is 1.00. The molecule has 0 aromatic heterocycles. The van der Waals surface area contributed by atoms with Crippen LogP contribution in [0.3, 0.4) is 0 Å². The zero-order valence-corrected chi connectivity index (χ0v) is 12.4. The molecular formula is C20H24. The molecule has 104 valence electrons. The Labute approximate surface area is 121 Å². The third-order valence-corrected chi connectivity index (χ3v) is 12.4. The molecule has 10 saturated carbocycles. The minimum absolute atomic E-state index is 0.991. The molecule has 10 rings (SSSR count). The van der Waals surface area contributed by atoms with Gasteiger partial charge in [-0.25, -0.2) is 0 Å². The van der Waals surface area contributed by atoms with E-state index in [0.29, 0.717) is 0 Å². The van der Waals surface area contributed by atoms with Crippen LogP contribution in [0.2, 0.25) is 0 Å². The molecule has 0 heteroatoms. The summed E-state index contributed by atoms with van der Waals surface area (Å²) >= 11 is 0. The van der Waals surface area contributed by atoms with Crippen molar-refractivity contribution >= 4 is 0 Å². The molecule has 0 amide bonds. The van der Waals surface area contributed by atoms with Crippen molar-refractivity contribution in [3.05, 3.63) is 0 Å². The van der Waals surface area contributed by atoms with Gasteiger partial charge in [-0.1, -0.05) is 12.8 Å². The normalized spacial score (nSPS) is 91.2. The summed E-state index contributed by atoms with van der Waals surface area (Å²) < 4.78 is 0. The van der Waals surface area contributed by atoms with E-state index in [0.717, 1.165) is 32.5 Å². The second kappa shape index (κ2) is 1.83.